The number of fused-ring (bicyclic) bond motifs is 1. The summed E-state index contributed by atoms with van der Waals surface area (Å²) in [7, 11) is 1.46. The van der Waals surface area contributed by atoms with Gasteiger partial charge in [0.2, 0.25) is 11.9 Å². The third-order valence-electron chi connectivity index (χ3n) is 6.97. The fourth-order valence-electron chi connectivity index (χ4n) is 4.97. The first-order valence-corrected chi connectivity index (χ1v) is 12.5. The number of hydrogen-bond donors (Lipinski definition) is 1. The van der Waals surface area contributed by atoms with Crippen molar-refractivity contribution in [3.05, 3.63) is 65.4 Å². The van der Waals surface area contributed by atoms with Gasteiger partial charge >= 0.3 is 6.18 Å². The number of halogens is 5. The molecule has 1 atom stereocenters. The normalized spacial score (nSPS) is 15.8. The van der Waals surface area contributed by atoms with Crippen LogP contribution >= 0.6 is 0 Å². The van der Waals surface area contributed by atoms with Crippen molar-refractivity contribution >= 4 is 22.9 Å². The molecule has 2 aromatic heterocycles. The number of terminal acetylenes is 1. The highest BCUT2D eigenvalue weighted by molar-refractivity contribution is 5.92. The fourth-order valence-corrected chi connectivity index (χ4v) is 4.97. The molecular formula is C28H23F5N6O2. The van der Waals surface area contributed by atoms with Crippen molar-refractivity contribution in [3.8, 4) is 29.4 Å². The van der Waals surface area contributed by atoms with Crippen LogP contribution in [0.1, 0.15) is 17.5 Å². The number of benzene rings is 2. The number of phenolic OH excluding ortho intramolecular Hbond substituents is 1. The second-order valence-electron chi connectivity index (χ2n) is 9.58. The van der Waals surface area contributed by atoms with Crippen LogP contribution in [0.25, 0.3) is 22.3 Å². The quantitative estimate of drug-likeness (QED) is 0.284. The van der Waals surface area contributed by atoms with E-state index in [1.54, 1.807) is 4.90 Å². The molecule has 0 radical (unpaired) electrons. The molecule has 8 nitrogen and oxygen atoms in total. The van der Waals surface area contributed by atoms with Crippen LogP contribution in [0.4, 0.5) is 27.9 Å². The van der Waals surface area contributed by atoms with Gasteiger partial charge in [-0.3, -0.25) is 4.79 Å². The molecule has 1 aliphatic heterocycles. The van der Waals surface area contributed by atoms with Crippen molar-refractivity contribution in [2.24, 2.45) is 7.05 Å². The van der Waals surface area contributed by atoms with Gasteiger partial charge in [-0.15, -0.1) is 6.42 Å². The smallest absolute Gasteiger partial charge is 0.419 e. The monoisotopic (exact) mass is 570 g/mol. The molecular weight excluding hydrogens is 547 g/mol. The van der Waals surface area contributed by atoms with Crippen molar-refractivity contribution in [3.63, 3.8) is 0 Å². The molecule has 0 saturated carbocycles. The van der Waals surface area contributed by atoms with Gasteiger partial charge in [-0.05, 0) is 18.1 Å². The summed E-state index contributed by atoms with van der Waals surface area (Å²) < 4.78 is 70.3. The molecule has 0 bridgehead atoms. The second kappa shape index (κ2) is 10.7. The molecule has 0 unspecified atom stereocenters. The highest BCUT2D eigenvalue weighted by Gasteiger charge is 2.38. The van der Waals surface area contributed by atoms with Gasteiger partial charge in [0.05, 0.1) is 23.4 Å². The third-order valence-corrected chi connectivity index (χ3v) is 6.97. The predicted molar refractivity (Wildman–Crippen MR) is 140 cm³/mol. The number of aromatic nitrogens is 4. The van der Waals surface area contributed by atoms with Gasteiger partial charge in [0.15, 0.2) is 23.0 Å². The summed E-state index contributed by atoms with van der Waals surface area (Å²) in [5.41, 5.74) is -1.68. The summed E-state index contributed by atoms with van der Waals surface area (Å²) in [6.45, 7) is 1.09. The third kappa shape index (κ3) is 5.25. The van der Waals surface area contributed by atoms with Gasteiger partial charge in [0.1, 0.15) is 5.69 Å². The first-order chi connectivity index (χ1) is 19.5. The van der Waals surface area contributed by atoms with Crippen molar-refractivity contribution in [1.82, 2.24) is 24.6 Å². The first kappa shape index (κ1) is 27.8. The molecule has 1 saturated heterocycles. The highest BCUT2D eigenvalue weighted by Crippen LogP contribution is 2.41. The second-order valence-corrected chi connectivity index (χ2v) is 9.58. The number of alkyl halides is 3. The number of rotatable bonds is 5. The first-order valence-electron chi connectivity index (χ1n) is 12.5. The average molecular weight is 571 g/mol. The Morgan fingerprint density at radius 1 is 1.17 bits per heavy atom. The molecule has 4 aromatic rings. The maximum absolute atomic E-state index is 14.8. The topological polar surface area (TPSA) is 87.4 Å². The Balaban J connectivity index is 1.55. The molecule has 3 heterocycles. The molecule has 1 amide bonds. The van der Waals surface area contributed by atoms with Gasteiger partial charge in [-0.25, -0.2) is 18.4 Å². The summed E-state index contributed by atoms with van der Waals surface area (Å²) in [5.74, 6) is -2.98. The molecule has 13 heteroatoms. The molecule has 2 aromatic carbocycles. The van der Waals surface area contributed by atoms with Crippen LogP contribution in [0, 0.1) is 24.0 Å². The Morgan fingerprint density at radius 2 is 1.90 bits per heavy atom. The standard InChI is InChI=1S/C28H23F5N6O2/c1-3-7-21(40)38-10-11-39(17(15-38)12-16-8-5-4-6-9-16)27-34-14-19-24(36-37(2)26(19)35-27)18-13-20(28(31,32)33)23(30)25(41)22(18)29/h1,4-6,8-9,13-14,17,41H,7,10-12,15H2,2H3/t17-/m1/s1. The van der Waals surface area contributed by atoms with Gasteiger partial charge < -0.3 is 14.9 Å². The molecule has 5 rings (SSSR count). The van der Waals surface area contributed by atoms with E-state index in [1.807, 2.05) is 35.2 Å². The van der Waals surface area contributed by atoms with Crippen molar-refractivity contribution < 1.29 is 31.9 Å². The average Bonchev–Trinajstić information content (AvgIpc) is 3.27. The Bertz CT molecular complexity index is 1660. The molecule has 0 aliphatic carbocycles. The van der Waals surface area contributed by atoms with Crippen LogP contribution in [0.3, 0.4) is 0 Å². The lowest BCUT2D eigenvalue weighted by Gasteiger charge is -2.41. The lowest BCUT2D eigenvalue weighted by atomic mass is 10.0. The maximum Gasteiger partial charge on any atom is 0.419 e. The molecule has 41 heavy (non-hydrogen) atoms. The van der Waals surface area contributed by atoms with E-state index in [-0.39, 0.29) is 47.1 Å². The zero-order valence-corrected chi connectivity index (χ0v) is 21.7. The molecule has 1 fully saturated rings. The van der Waals surface area contributed by atoms with Gasteiger partial charge in [-0.2, -0.15) is 23.3 Å². The van der Waals surface area contributed by atoms with Crippen molar-refractivity contribution in [1.29, 1.82) is 0 Å². The number of amides is 1. The van der Waals surface area contributed by atoms with E-state index >= 15 is 0 Å². The minimum atomic E-state index is -5.18. The number of hydrogen-bond acceptors (Lipinski definition) is 6. The number of anilines is 1. The lowest BCUT2D eigenvalue weighted by Crippen LogP contribution is -2.56. The van der Waals surface area contributed by atoms with E-state index in [0.717, 1.165) is 5.56 Å². The summed E-state index contributed by atoms with van der Waals surface area (Å²) in [4.78, 5) is 25.1. The van der Waals surface area contributed by atoms with Gasteiger partial charge in [0, 0.05) is 38.4 Å². The fraction of sp³-hybridized carbons (Fsp3) is 0.286. The van der Waals surface area contributed by atoms with Crippen LogP contribution in [0.5, 0.6) is 5.75 Å². The summed E-state index contributed by atoms with van der Waals surface area (Å²) >= 11 is 0. The van der Waals surface area contributed by atoms with Gasteiger partial charge in [-0.1, -0.05) is 36.3 Å². The Morgan fingerprint density at radius 3 is 2.59 bits per heavy atom. The SMILES string of the molecule is C#CCC(=O)N1CCN(c2ncc3c(-c4cc(C(F)(F)F)c(F)c(O)c4F)nn(C)c3n2)[C@H](Cc2ccccc2)C1. The minimum absolute atomic E-state index is 0.0239. The maximum atomic E-state index is 14.8. The van der Waals surface area contributed by atoms with Crippen LogP contribution in [-0.2, 0) is 24.4 Å². The van der Waals surface area contributed by atoms with Gasteiger partial charge in [0.25, 0.3) is 0 Å². The summed E-state index contributed by atoms with van der Waals surface area (Å²) in [6, 6.07) is 9.64. The van der Waals surface area contributed by atoms with Crippen molar-refractivity contribution in [2.75, 3.05) is 24.5 Å². The van der Waals surface area contributed by atoms with E-state index < -0.39 is 34.7 Å². The lowest BCUT2D eigenvalue weighted by molar-refractivity contribution is -0.140. The van der Waals surface area contributed by atoms with E-state index in [1.165, 1.54) is 17.9 Å². The number of nitrogens with zero attached hydrogens (tertiary/aromatic N) is 6. The van der Waals surface area contributed by atoms with Crippen LogP contribution in [-0.4, -0.2) is 61.3 Å². The zero-order valence-electron chi connectivity index (χ0n) is 21.7. The number of carbonyl (C=O) groups is 1. The number of phenols is 1. The molecule has 1 aliphatic rings. The Labute approximate surface area is 231 Å². The molecule has 212 valence electrons. The van der Waals surface area contributed by atoms with Crippen LogP contribution < -0.4 is 4.90 Å². The number of aryl methyl sites for hydroxylation is 1. The largest absolute Gasteiger partial charge is 0.503 e. The minimum Gasteiger partial charge on any atom is -0.503 e. The Kier molecular flexibility index (Phi) is 7.25. The van der Waals surface area contributed by atoms with E-state index in [0.29, 0.717) is 26.1 Å². The van der Waals surface area contributed by atoms with E-state index in [9.17, 15) is 31.9 Å². The highest BCUT2D eigenvalue weighted by atomic mass is 19.4. The van der Waals surface area contributed by atoms with E-state index in [4.69, 9.17) is 6.42 Å². The number of aromatic hydroxyl groups is 1. The van der Waals surface area contributed by atoms with E-state index in [2.05, 4.69) is 21.0 Å². The van der Waals surface area contributed by atoms with Crippen LogP contribution in [0.2, 0.25) is 0 Å². The van der Waals surface area contributed by atoms with Crippen LogP contribution in [0.15, 0.2) is 42.6 Å². The zero-order chi connectivity index (χ0) is 29.5. The van der Waals surface area contributed by atoms with Crippen molar-refractivity contribution in [2.45, 2.75) is 25.1 Å². The number of carbonyl (C=O) groups excluding carboxylic acids is 1. The summed E-state index contributed by atoms with van der Waals surface area (Å²) in [6.07, 6.45) is 1.97. The summed E-state index contributed by atoms with van der Waals surface area (Å²) in [5, 5.41) is 14.0. The Hall–Kier alpha value is -4.73. The predicted octanol–water partition coefficient (Wildman–Crippen LogP) is 4.32. The molecule has 1 N–H and O–H groups in total. The number of piperazine rings is 1. The molecule has 0 spiro atoms.